The summed E-state index contributed by atoms with van der Waals surface area (Å²) in [6, 6.07) is 3.87. The summed E-state index contributed by atoms with van der Waals surface area (Å²) in [6.07, 6.45) is -3.23. The van der Waals surface area contributed by atoms with Gasteiger partial charge in [-0.2, -0.15) is 0 Å². The van der Waals surface area contributed by atoms with E-state index in [4.69, 9.17) is 14.8 Å². The quantitative estimate of drug-likeness (QED) is 0.293. The number of carbonyl (C=O) groups is 2. The molecular formula is C26H25F2N3O6. The molecule has 0 spiro atoms. The van der Waals surface area contributed by atoms with E-state index in [1.54, 1.807) is 6.07 Å². The maximum atomic E-state index is 13.9. The monoisotopic (exact) mass is 513 g/mol. The van der Waals surface area contributed by atoms with Crippen molar-refractivity contribution in [3.63, 3.8) is 0 Å². The molecule has 0 saturated carbocycles. The summed E-state index contributed by atoms with van der Waals surface area (Å²) in [6.45, 7) is 1.33. The highest BCUT2D eigenvalue weighted by Gasteiger charge is 2.37. The van der Waals surface area contributed by atoms with Gasteiger partial charge in [-0.15, -0.1) is 0 Å². The fourth-order valence-corrected chi connectivity index (χ4v) is 5.48. The minimum atomic E-state index is -2.71. The number of nitrogens with one attached hydrogen (secondary N) is 1. The van der Waals surface area contributed by atoms with Gasteiger partial charge in [-0.25, -0.2) is 13.8 Å². The van der Waals surface area contributed by atoms with Crippen LogP contribution in [-0.2, 0) is 33.9 Å². The highest BCUT2D eigenvalue weighted by molar-refractivity contribution is 5.95. The number of amides is 1. The maximum absolute atomic E-state index is 13.9. The maximum Gasteiger partial charge on any atom is 0.293 e. The lowest BCUT2D eigenvalue weighted by Gasteiger charge is -2.17. The summed E-state index contributed by atoms with van der Waals surface area (Å²) in [4.78, 5) is 41.5. The Kier molecular flexibility index (Phi) is 6.50. The van der Waals surface area contributed by atoms with Crippen LogP contribution < -0.4 is 10.9 Å². The number of hydrogen-bond acceptors (Lipinski definition) is 7. The first kappa shape index (κ1) is 25.0. The van der Waals surface area contributed by atoms with Crippen LogP contribution in [0.4, 0.5) is 8.78 Å². The molecule has 2 aliphatic rings. The fraction of sp³-hybridized carbons (Fsp3) is 0.385. The highest BCUT2D eigenvalue weighted by atomic mass is 19.3. The topological polar surface area (TPSA) is 131 Å². The molecule has 37 heavy (non-hydrogen) atoms. The Morgan fingerprint density at radius 1 is 1.32 bits per heavy atom. The average molecular weight is 513 g/mol. The van der Waals surface area contributed by atoms with E-state index in [1.807, 2.05) is 0 Å². The summed E-state index contributed by atoms with van der Waals surface area (Å²) >= 11 is 0. The minimum Gasteiger partial charge on any atom is -0.463 e. The molecule has 0 radical (unpaired) electrons. The number of aromatic nitrogens is 2. The van der Waals surface area contributed by atoms with Crippen molar-refractivity contribution < 1.29 is 33.3 Å². The molecule has 0 fully saturated rings. The molecule has 2 atom stereocenters. The van der Waals surface area contributed by atoms with Crippen molar-refractivity contribution in [2.75, 3.05) is 6.61 Å². The number of alkyl halides is 2. The van der Waals surface area contributed by atoms with Gasteiger partial charge in [0.25, 0.3) is 18.5 Å². The van der Waals surface area contributed by atoms with E-state index >= 15 is 0 Å². The number of benzene rings is 1. The van der Waals surface area contributed by atoms with Gasteiger partial charge in [0, 0.05) is 29.5 Å². The van der Waals surface area contributed by atoms with Crippen LogP contribution in [0.15, 0.2) is 23.0 Å². The Labute approximate surface area is 209 Å². The number of nitrogens with zero attached hydrogens (tertiary/aromatic N) is 2. The second-order valence-corrected chi connectivity index (χ2v) is 9.27. The molecule has 2 aromatic heterocycles. The second kappa shape index (κ2) is 9.64. The molecule has 2 unspecified atom stereocenters. The Morgan fingerprint density at radius 3 is 2.78 bits per heavy atom. The van der Waals surface area contributed by atoms with Crippen molar-refractivity contribution >= 4 is 23.3 Å². The third-order valence-corrected chi connectivity index (χ3v) is 7.07. The summed E-state index contributed by atoms with van der Waals surface area (Å²) in [5, 5.41) is 22.9. The van der Waals surface area contributed by atoms with E-state index in [0.717, 1.165) is 0 Å². The van der Waals surface area contributed by atoms with E-state index in [0.29, 0.717) is 44.5 Å². The third kappa shape index (κ3) is 4.08. The van der Waals surface area contributed by atoms with Gasteiger partial charge in [-0.1, -0.05) is 6.07 Å². The molecule has 1 aliphatic heterocycles. The average Bonchev–Trinajstić information content (AvgIpc) is 3.41. The van der Waals surface area contributed by atoms with Crippen LogP contribution >= 0.6 is 0 Å². The van der Waals surface area contributed by atoms with Crippen molar-refractivity contribution in [2.45, 2.75) is 57.9 Å². The van der Waals surface area contributed by atoms with Crippen LogP contribution in [-0.4, -0.2) is 38.8 Å². The molecular weight excluding hydrogens is 488 g/mol. The zero-order valence-corrected chi connectivity index (χ0v) is 20.0. The van der Waals surface area contributed by atoms with Crippen LogP contribution in [0.25, 0.3) is 22.3 Å². The lowest BCUT2D eigenvalue weighted by Crippen LogP contribution is -2.29. The molecule has 1 aromatic carbocycles. The predicted octanol–water partition coefficient (Wildman–Crippen LogP) is 2.58. The number of aliphatic hydroxyl groups is 2. The molecule has 5 rings (SSSR count). The molecule has 3 aromatic rings. The Morgan fingerprint density at radius 2 is 2.11 bits per heavy atom. The van der Waals surface area contributed by atoms with Gasteiger partial charge < -0.3 is 24.8 Å². The molecule has 11 heteroatoms. The van der Waals surface area contributed by atoms with Crippen LogP contribution in [0.2, 0.25) is 0 Å². The summed E-state index contributed by atoms with van der Waals surface area (Å²) < 4.78 is 34.1. The predicted molar refractivity (Wildman–Crippen MR) is 128 cm³/mol. The molecule has 0 bridgehead atoms. The number of fused-ring (bicyclic) bond motifs is 4. The van der Waals surface area contributed by atoms with Crippen molar-refractivity contribution in [1.29, 1.82) is 0 Å². The lowest BCUT2D eigenvalue weighted by atomic mass is 9.98. The van der Waals surface area contributed by atoms with Gasteiger partial charge in [-0.3, -0.25) is 14.4 Å². The van der Waals surface area contributed by atoms with Gasteiger partial charge in [0.1, 0.15) is 6.61 Å². The van der Waals surface area contributed by atoms with Gasteiger partial charge in [0.05, 0.1) is 41.2 Å². The first-order valence-corrected chi connectivity index (χ1v) is 11.9. The van der Waals surface area contributed by atoms with Crippen LogP contribution in [0, 0.1) is 0 Å². The van der Waals surface area contributed by atoms with Crippen LogP contribution in [0.3, 0.4) is 0 Å². The smallest absolute Gasteiger partial charge is 0.293 e. The zero-order chi connectivity index (χ0) is 26.4. The number of aliphatic hydroxyl groups excluding tert-OH is 2. The second-order valence-electron chi connectivity index (χ2n) is 9.27. The van der Waals surface area contributed by atoms with E-state index in [-0.39, 0.29) is 62.5 Å². The normalized spacial score (nSPS) is 16.1. The van der Waals surface area contributed by atoms with Gasteiger partial charge in [0.15, 0.2) is 0 Å². The van der Waals surface area contributed by atoms with Crippen molar-refractivity contribution in [3.8, 4) is 11.4 Å². The van der Waals surface area contributed by atoms with Gasteiger partial charge in [-0.05, 0) is 48.6 Å². The fourth-order valence-electron chi connectivity index (χ4n) is 5.48. The molecule has 0 saturated heterocycles. The van der Waals surface area contributed by atoms with Crippen LogP contribution in [0.5, 0.6) is 0 Å². The largest absolute Gasteiger partial charge is 0.463 e. The summed E-state index contributed by atoms with van der Waals surface area (Å²) in [5.74, 6) is -0.318. The summed E-state index contributed by atoms with van der Waals surface area (Å²) in [7, 11) is 0. The number of ether oxygens (including phenoxy) is 1. The standard InChI is InChI=1S/C26H25F2N3O6/c1-12(34)14-8-20-24-16(9-31(20)26(36)17(14)10-37-11-33)23-19(29-21(35)3-2-6-32)7-15-13(25(27)28)4-5-18(30-24)22(15)23/h4-5,8,11-12,19,25,32,34H,2-3,6-7,9-10H2,1H3,(H,29,35). The third-order valence-electron chi connectivity index (χ3n) is 7.07. The molecule has 3 heterocycles. The lowest BCUT2D eigenvalue weighted by molar-refractivity contribution is -0.130. The van der Waals surface area contributed by atoms with E-state index in [9.17, 15) is 28.3 Å². The number of rotatable bonds is 9. The zero-order valence-electron chi connectivity index (χ0n) is 20.0. The van der Waals surface area contributed by atoms with E-state index in [1.165, 1.54) is 23.6 Å². The van der Waals surface area contributed by atoms with Crippen molar-refractivity contribution in [2.24, 2.45) is 0 Å². The van der Waals surface area contributed by atoms with Crippen molar-refractivity contribution in [1.82, 2.24) is 14.9 Å². The first-order valence-electron chi connectivity index (χ1n) is 11.9. The first-order chi connectivity index (χ1) is 17.8. The van der Waals surface area contributed by atoms with Crippen LogP contribution in [0.1, 0.15) is 71.7 Å². The van der Waals surface area contributed by atoms with E-state index in [2.05, 4.69) is 5.32 Å². The molecule has 1 aliphatic carbocycles. The van der Waals surface area contributed by atoms with Crippen molar-refractivity contribution in [3.05, 3.63) is 61.9 Å². The number of halogens is 2. The summed E-state index contributed by atoms with van der Waals surface area (Å²) in [5.41, 5.74) is 2.92. The highest BCUT2D eigenvalue weighted by Crippen LogP contribution is 2.47. The molecule has 9 nitrogen and oxygen atoms in total. The molecule has 194 valence electrons. The van der Waals surface area contributed by atoms with Gasteiger partial charge in [0.2, 0.25) is 5.91 Å². The van der Waals surface area contributed by atoms with E-state index < -0.39 is 24.1 Å². The SMILES string of the molecule is CC(O)c1cc2n(c(=O)c1COC=O)Cc1c-2nc2ccc(C(F)F)c3c2c1C(NC(=O)CCCO)C3. The Balaban J connectivity index is 1.71. The van der Waals surface area contributed by atoms with Gasteiger partial charge >= 0.3 is 0 Å². The minimum absolute atomic E-state index is 0.0807. The molecule has 1 amide bonds. The number of pyridine rings is 2. The molecule has 3 N–H and O–H groups in total. The Bertz CT molecular complexity index is 1480. The Hall–Kier alpha value is -3.70. The number of hydrogen-bond donors (Lipinski definition) is 3. The number of carbonyl (C=O) groups excluding carboxylic acids is 2.